The van der Waals surface area contributed by atoms with Crippen LogP contribution in [-0.4, -0.2) is 10.5 Å². The normalized spacial score (nSPS) is 12.0. The Morgan fingerprint density at radius 2 is 2.12 bits per heavy atom. The van der Waals surface area contributed by atoms with Gasteiger partial charge in [-0.3, -0.25) is 4.98 Å². The Bertz CT molecular complexity index is 515. The lowest BCUT2D eigenvalue weighted by Crippen LogP contribution is -2.34. The van der Waals surface area contributed by atoms with Crippen LogP contribution in [0.15, 0.2) is 30.6 Å². The number of fused-ring (bicyclic) bond motifs is 1. The summed E-state index contributed by atoms with van der Waals surface area (Å²) in [5, 5.41) is 2.98. The van der Waals surface area contributed by atoms with Crippen LogP contribution in [0.25, 0.3) is 10.8 Å². The minimum absolute atomic E-state index is 0.235. The molecule has 0 bridgehead atoms. The highest BCUT2D eigenvalue weighted by atomic mass is 35.5. The number of aromatic nitrogens is 1. The number of pyridine rings is 1. The van der Waals surface area contributed by atoms with Gasteiger partial charge < -0.3 is 5.73 Å². The molecular weight excluding hydrogens is 220 g/mol. The Morgan fingerprint density at radius 3 is 2.81 bits per heavy atom. The Morgan fingerprint density at radius 1 is 1.38 bits per heavy atom. The van der Waals surface area contributed by atoms with Crippen molar-refractivity contribution in [2.24, 2.45) is 5.73 Å². The zero-order chi connectivity index (χ0) is 11.8. The molecule has 0 unspecified atom stereocenters. The van der Waals surface area contributed by atoms with Crippen LogP contribution in [0.2, 0.25) is 5.02 Å². The lowest BCUT2D eigenvalue weighted by molar-refractivity contribution is 0.518. The first-order valence-electron chi connectivity index (χ1n) is 5.27. The predicted molar refractivity (Wildman–Crippen MR) is 68.7 cm³/mol. The van der Waals surface area contributed by atoms with Crippen molar-refractivity contribution in [1.29, 1.82) is 0 Å². The molecule has 0 aliphatic rings. The minimum atomic E-state index is -0.235. The van der Waals surface area contributed by atoms with E-state index in [0.29, 0.717) is 0 Å². The van der Waals surface area contributed by atoms with Gasteiger partial charge in [-0.05, 0) is 49.4 Å². The molecule has 16 heavy (non-hydrogen) atoms. The molecule has 2 nitrogen and oxygen atoms in total. The molecule has 0 atom stereocenters. The van der Waals surface area contributed by atoms with E-state index in [1.54, 1.807) is 6.20 Å². The molecule has 2 rings (SSSR count). The van der Waals surface area contributed by atoms with E-state index in [9.17, 15) is 0 Å². The highest BCUT2D eigenvalue weighted by molar-refractivity contribution is 6.31. The van der Waals surface area contributed by atoms with E-state index < -0.39 is 0 Å². The summed E-state index contributed by atoms with van der Waals surface area (Å²) in [6, 6.07) is 5.92. The van der Waals surface area contributed by atoms with Gasteiger partial charge in [0.15, 0.2) is 0 Å². The first kappa shape index (κ1) is 11.4. The van der Waals surface area contributed by atoms with Crippen LogP contribution in [0.1, 0.15) is 19.4 Å². The van der Waals surface area contributed by atoms with Gasteiger partial charge in [-0.1, -0.05) is 11.6 Å². The lowest BCUT2D eigenvalue weighted by Gasteiger charge is -2.19. The van der Waals surface area contributed by atoms with Gasteiger partial charge in [-0.25, -0.2) is 0 Å². The molecule has 0 aliphatic heterocycles. The summed E-state index contributed by atoms with van der Waals surface area (Å²) in [7, 11) is 0. The van der Waals surface area contributed by atoms with Crippen molar-refractivity contribution in [3.05, 3.63) is 41.2 Å². The van der Waals surface area contributed by atoms with Crippen molar-refractivity contribution in [2.45, 2.75) is 25.8 Å². The van der Waals surface area contributed by atoms with Gasteiger partial charge in [0.05, 0.1) is 0 Å². The molecule has 2 aromatic rings. The predicted octanol–water partition coefficient (Wildman–Crippen LogP) is 3.17. The van der Waals surface area contributed by atoms with Crippen LogP contribution in [0.4, 0.5) is 0 Å². The van der Waals surface area contributed by atoms with Gasteiger partial charge in [0, 0.05) is 28.3 Å². The molecule has 1 aromatic carbocycles. The maximum atomic E-state index is 6.08. The molecule has 0 saturated heterocycles. The van der Waals surface area contributed by atoms with Crippen LogP contribution in [-0.2, 0) is 6.42 Å². The average molecular weight is 235 g/mol. The lowest BCUT2D eigenvalue weighted by atomic mass is 9.93. The number of halogens is 1. The molecule has 0 fully saturated rings. The van der Waals surface area contributed by atoms with Gasteiger partial charge in [0.2, 0.25) is 0 Å². The van der Waals surface area contributed by atoms with E-state index in [0.717, 1.165) is 16.8 Å². The highest BCUT2D eigenvalue weighted by Gasteiger charge is 2.14. The van der Waals surface area contributed by atoms with Crippen LogP contribution < -0.4 is 5.73 Å². The second-order valence-electron chi connectivity index (χ2n) is 4.83. The molecular formula is C13H15ClN2. The van der Waals surface area contributed by atoms with Crippen molar-refractivity contribution in [2.75, 3.05) is 0 Å². The summed E-state index contributed by atoms with van der Waals surface area (Å²) in [4.78, 5) is 4.10. The van der Waals surface area contributed by atoms with E-state index in [1.165, 1.54) is 10.9 Å². The van der Waals surface area contributed by atoms with Crippen molar-refractivity contribution >= 4 is 22.4 Å². The monoisotopic (exact) mass is 234 g/mol. The quantitative estimate of drug-likeness (QED) is 0.867. The molecule has 84 valence electrons. The van der Waals surface area contributed by atoms with Gasteiger partial charge >= 0.3 is 0 Å². The first-order valence-corrected chi connectivity index (χ1v) is 5.64. The van der Waals surface area contributed by atoms with E-state index in [1.807, 2.05) is 38.2 Å². The van der Waals surface area contributed by atoms with Gasteiger partial charge in [0.25, 0.3) is 0 Å². The van der Waals surface area contributed by atoms with E-state index in [2.05, 4.69) is 4.98 Å². The number of nitrogens with zero attached hydrogens (tertiary/aromatic N) is 1. The Labute approximate surface area is 100 Å². The molecule has 0 radical (unpaired) electrons. The van der Waals surface area contributed by atoms with Crippen LogP contribution in [0.3, 0.4) is 0 Å². The topological polar surface area (TPSA) is 38.9 Å². The fourth-order valence-electron chi connectivity index (χ4n) is 1.89. The van der Waals surface area contributed by atoms with Gasteiger partial charge in [-0.15, -0.1) is 0 Å². The SMILES string of the molecule is CC(C)(N)Cc1cc(Cl)cc2cnccc12. The summed E-state index contributed by atoms with van der Waals surface area (Å²) in [5.74, 6) is 0. The molecule has 3 heteroatoms. The summed E-state index contributed by atoms with van der Waals surface area (Å²) in [6.07, 6.45) is 4.42. The Balaban J connectivity index is 2.59. The summed E-state index contributed by atoms with van der Waals surface area (Å²) in [5.41, 5.74) is 6.99. The molecule has 0 amide bonds. The number of rotatable bonds is 2. The fraction of sp³-hybridized carbons (Fsp3) is 0.308. The van der Waals surface area contributed by atoms with Gasteiger partial charge in [-0.2, -0.15) is 0 Å². The van der Waals surface area contributed by atoms with Crippen LogP contribution in [0.5, 0.6) is 0 Å². The highest BCUT2D eigenvalue weighted by Crippen LogP contribution is 2.25. The zero-order valence-corrected chi connectivity index (χ0v) is 10.3. The molecule has 2 N–H and O–H groups in total. The average Bonchev–Trinajstić information content (AvgIpc) is 2.14. The van der Waals surface area contributed by atoms with E-state index in [4.69, 9.17) is 17.3 Å². The van der Waals surface area contributed by atoms with Crippen LogP contribution >= 0.6 is 11.6 Å². The third kappa shape index (κ3) is 2.52. The van der Waals surface area contributed by atoms with Gasteiger partial charge in [0.1, 0.15) is 0 Å². The largest absolute Gasteiger partial charge is 0.325 e. The minimum Gasteiger partial charge on any atom is -0.325 e. The van der Waals surface area contributed by atoms with E-state index in [-0.39, 0.29) is 5.54 Å². The fourth-order valence-corrected chi connectivity index (χ4v) is 2.13. The van der Waals surface area contributed by atoms with Crippen molar-refractivity contribution in [3.8, 4) is 0 Å². The van der Waals surface area contributed by atoms with Crippen molar-refractivity contribution < 1.29 is 0 Å². The number of hydrogen-bond donors (Lipinski definition) is 1. The molecule has 1 aromatic heterocycles. The maximum Gasteiger partial charge on any atom is 0.0415 e. The number of hydrogen-bond acceptors (Lipinski definition) is 2. The molecule has 0 saturated carbocycles. The molecule has 1 heterocycles. The first-order chi connectivity index (χ1) is 7.46. The second kappa shape index (κ2) is 4.04. The van der Waals surface area contributed by atoms with Crippen molar-refractivity contribution in [1.82, 2.24) is 4.98 Å². The van der Waals surface area contributed by atoms with Crippen molar-refractivity contribution in [3.63, 3.8) is 0 Å². The van der Waals surface area contributed by atoms with Crippen LogP contribution in [0, 0.1) is 0 Å². The second-order valence-corrected chi connectivity index (χ2v) is 5.26. The summed E-state index contributed by atoms with van der Waals surface area (Å²) < 4.78 is 0. The smallest absolute Gasteiger partial charge is 0.0415 e. The third-order valence-electron chi connectivity index (χ3n) is 2.45. The summed E-state index contributed by atoms with van der Waals surface area (Å²) in [6.45, 7) is 4.03. The molecule has 0 spiro atoms. The zero-order valence-electron chi connectivity index (χ0n) is 9.50. The molecule has 0 aliphatic carbocycles. The Kier molecular flexibility index (Phi) is 2.87. The summed E-state index contributed by atoms with van der Waals surface area (Å²) >= 11 is 6.08. The Hall–Kier alpha value is -1.12. The third-order valence-corrected chi connectivity index (χ3v) is 2.67. The number of nitrogens with two attached hydrogens (primary N) is 1. The maximum absolute atomic E-state index is 6.08. The number of benzene rings is 1. The standard InChI is InChI=1S/C13H15ClN2/c1-13(2,15)7-9-5-11(14)6-10-8-16-4-3-12(9)10/h3-6,8H,7,15H2,1-2H3. The van der Waals surface area contributed by atoms with E-state index >= 15 is 0 Å².